The van der Waals surface area contributed by atoms with E-state index in [1.807, 2.05) is 24.3 Å². The van der Waals surface area contributed by atoms with Gasteiger partial charge >= 0.3 is 5.97 Å². The van der Waals surface area contributed by atoms with Crippen molar-refractivity contribution in [2.75, 3.05) is 6.61 Å². The van der Waals surface area contributed by atoms with Gasteiger partial charge in [0.2, 0.25) is 10.0 Å². The number of rotatable bonds is 7. The Morgan fingerprint density at radius 3 is 2.53 bits per heavy atom. The fourth-order valence-electron chi connectivity index (χ4n) is 3.98. The summed E-state index contributed by atoms with van der Waals surface area (Å²) in [6.45, 7) is -0.440. The zero-order chi connectivity index (χ0) is 22.7. The molecule has 1 atom stereocenters. The lowest BCUT2D eigenvalue weighted by molar-refractivity contribution is -0.139. The zero-order valence-electron chi connectivity index (χ0n) is 17.1. The zero-order valence-corrected chi connectivity index (χ0v) is 18.7. The van der Waals surface area contributed by atoms with E-state index < -0.39 is 28.6 Å². The number of sulfonamides is 1. The van der Waals surface area contributed by atoms with Gasteiger partial charge in [-0.3, -0.25) is 0 Å². The van der Waals surface area contributed by atoms with Crippen molar-refractivity contribution in [3.63, 3.8) is 0 Å². The average molecular weight is 472 g/mol. The first-order valence-corrected chi connectivity index (χ1v) is 12.0. The molecule has 4 rings (SSSR count). The van der Waals surface area contributed by atoms with E-state index in [0.717, 1.165) is 28.7 Å². The molecule has 3 aromatic carbocycles. The van der Waals surface area contributed by atoms with Gasteiger partial charge in [0.05, 0.1) is 4.90 Å². The summed E-state index contributed by atoms with van der Waals surface area (Å²) in [4.78, 5) is 11.0. The number of nitrogens with one attached hydrogen (secondary N) is 1. The van der Waals surface area contributed by atoms with Crippen molar-refractivity contribution in [1.82, 2.24) is 4.72 Å². The first kappa shape index (κ1) is 22.3. The minimum atomic E-state index is -3.77. The minimum absolute atomic E-state index is 0.165. The lowest BCUT2D eigenvalue weighted by Gasteiger charge is -2.27. The molecular weight excluding hydrogens is 450 g/mol. The fraction of sp³-hybridized carbons (Fsp3) is 0.208. The normalized spacial score (nSPS) is 15.7. The molecule has 0 aromatic heterocycles. The summed E-state index contributed by atoms with van der Waals surface area (Å²) in [7, 11) is -3.77. The first-order valence-electron chi connectivity index (χ1n) is 10.2. The highest BCUT2D eigenvalue weighted by atomic mass is 35.5. The Hall–Kier alpha value is -2.87. The molecule has 1 aliphatic carbocycles. The number of carbonyl (C=O) groups is 1. The summed E-state index contributed by atoms with van der Waals surface area (Å²) >= 11 is 6.24. The Morgan fingerprint density at radius 1 is 1.06 bits per heavy atom. The Labute approximate surface area is 191 Å². The van der Waals surface area contributed by atoms with Crippen LogP contribution < -0.4 is 9.46 Å². The van der Waals surface area contributed by atoms with E-state index in [1.165, 1.54) is 0 Å². The van der Waals surface area contributed by atoms with Crippen LogP contribution in [0.5, 0.6) is 5.75 Å². The van der Waals surface area contributed by atoms with Crippen molar-refractivity contribution in [1.29, 1.82) is 0 Å². The van der Waals surface area contributed by atoms with Crippen LogP contribution in [0.2, 0.25) is 5.02 Å². The predicted octanol–water partition coefficient (Wildman–Crippen LogP) is 4.83. The largest absolute Gasteiger partial charge is 0.482 e. The fourth-order valence-corrected chi connectivity index (χ4v) is 5.47. The summed E-state index contributed by atoms with van der Waals surface area (Å²) < 4.78 is 34.4. The Morgan fingerprint density at radius 2 is 1.81 bits per heavy atom. The van der Waals surface area contributed by atoms with Gasteiger partial charge in [-0.25, -0.2) is 17.9 Å². The van der Waals surface area contributed by atoms with Gasteiger partial charge in [0.1, 0.15) is 5.75 Å². The van der Waals surface area contributed by atoms with E-state index in [2.05, 4.69) is 4.72 Å². The van der Waals surface area contributed by atoms with Gasteiger partial charge in [0, 0.05) is 16.6 Å². The van der Waals surface area contributed by atoms with Crippen LogP contribution in [0.15, 0.2) is 71.6 Å². The molecule has 0 radical (unpaired) electrons. The van der Waals surface area contributed by atoms with E-state index >= 15 is 0 Å². The lowest BCUT2D eigenvalue weighted by atomic mass is 9.87. The number of carboxylic acids is 1. The second-order valence-corrected chi connectivity index (χ2v) is 9.70. The molecule has 0 saturated heterocycles. The Bertz CT molecular complexity index is 1240. The van der Waals surface area contributed by atoms with Gasteiger partial charge in [-0.2, -0.15) is 0 Å². The number of hydrogen-bond donors (Lipinski definition) is 2. The minimum Gasteiger partial charge on any atom is -0.482 e. The van der Waals surface area contributed by atoms with Crippen molar-refractivity contribution in [2.24, 2.45) is 0 Å². The van der Waals surface area contributed by atoms with E-state index in [4.69, 9.17) is 21.4 Å². The number of carboxylic acid groups (broad SMARTS) is 1. The molecular formula is C24H22ClNO5S. The molecule has 0 heterocycles. The third-order valence-corrected chi connectivity index (χ3v) is 7.28. The van der Waals surface area contributed by atoms with Crippen LogP contribution in [0.3, 0.4) is 0 Å². The molecule has 8 heteroatoms. The van der Waals surface area contributed by atoms with E-state index in [-0.39, 0.29) is 4.90 Å². The molecule has 2 N–H and O–H groups in total. The SMILES string of the molecule is O=C(O)COc1cccc2c1CCCC2NS(=O)(=O)c1ccc(-c2ccccc2Cl)cc1. The Balaban J connectivity index is 1.57. The van der Waals surface area contributed by atoms with Crippen LogP contribution in [0.25, 0.3) is 11.1 Å². The molecule has 3 aromatic rings. The monoisotopic (exact) mass is 471 g/mol. The van der Waals surface area contributed by atoms with Crippen LogP contribution in [-0.4, -0.2) is 26.1 Å². The van der Waals surface area contributed by atoms with Gasteiger partial charge in [0.15, 0.2) is 6.61 Å². The predicted molar refractivity (Wildman–Crippen MR) is 122 cm³/mol. The summed E-state index contributed by atoms with van der Waals surface area (Å²) in [5.41, 5.74) is 3.33. The number of halogens is 1. The third kappa shape index (κ3) is 4.80. The molecule has 0 aliphatic heterocycles. The topological polar surface area (TPSA) is 92.7 Å². The summed E-state index contributed by atoms with van der Waals surface area (Å²) in [5.74, 6) is -0.575. The smallest absolute Gasteiger partial charge is 0.341 e. The molecule has 6 nitrogen and oxygen atoms in total. The highest BCUT2D eigenvalue weighted by molar-refractivity contribution is 7.89. The highest BCUT2D eigenvalue weighted by Gasteiger charge is 2.27. The van der Waals surface area contributed by atoms with Crippen LogP contribution >= 0.6 is 11.6 Å². The van der Waals surface area contributed by atoms with Crippen LogP contribution in [0, 0.1) is 0 Å². The number of hydrogen-bond acceptors (Lipinski definition) is 4. The van der Waals surface area contributed by atoms with Gasteiger partial charge < -0.3 is 9.84 Å². The molecule has 0 saturated carbocycles. The molecule has 0 amide bonds. The van der Waals surface area contributed by atoms with Gasteiger partial charge in [-0.15, -0.1) is 0 Å². The third-order valence-electron chi connectivity index (χ3n) is 5.46. The molecule has 0 fully saturated rings. The molecule has 32 heavy (non-hydrogen) atoms. The van der Waals surface area contributed by atoms with Crippen molar-refractivity contribution in [3.8, 4) is 16.9 Å². The first-order chi connectivity index (χ1) is 15.3. The summed E-state index contributed by atoms with van der Waals surface area (Å²) in [6.07, 6.45) is 2.11. The molecule has 1 unspecified atom stereocenters. The van der Waals surface area contributed by atoms with E-state index in [9.17, 15) is 13.2 Å². The number of benzene rings is 3. The maximum Gasteiger partial charge on any atom is 0.341 e. The molecule has 0 bridgehead atoms. The van der Waals surface area contributed by atoms with E-state index in [1.54, 1.807) is 42.5 Å². The lowest BCUT2D eigenvalue weighted by Crippen LogP contribution is -2.31. The van der Waals surface area contributed by atoms with E-state index in [0.29, 0.717) is 23.6 Å². The molecule has 1 aliphatic rings. The van der Waals surface area contributed by atoms with Crippen LogP contribution in [-0.2, 0) is 21.2 Å². The standard InChI is InChI=1S/C24H22ClNO5S/c25-21-8-2-1-5-18(21)16-11-13-17(14-12-16)32(29,30)26-22-9-3-7-20-19(22)6-4-10-23(20)31-15-24(27)28/h1-2,4-6,8,10-14,22,26H,3,7,9,15H2,(H,27,28). The van der Waals surface area contributed by atoms with Gasteiger partial charge in [-0.05, 0) is 60.2 Å². The molecule has 0 spiro atoms. The Kier molecular flexibility index (Phi) is 6.50. The van der Waals surface area contributed by atoms with Crippen molar-refractivity contribution in [3.05, 3.63) is 82.9 Å². The second kappa shape index (κ2) is 9.32. The van der Waals surface area contributed by atoms with Crippen LogP contribution in [0.4, 0.5) is 0 Å². The number of aliphatic carboxylic acids is 1. The van der Waals surface area contributed by atoms with Gasteiger partial charge in [0.25, 0.3) is 0 Å². The van der Waals surface area contributed by atoms with Crippen LogP contribution in [0.1, 0.15) is 30.0 Å². The quantitative estimate of drug-likeness (QED) is 0.515. The number of ether oxygens (including phenoxy) is 1. The maximum absolute atomic E-state index is 13.1. The summed E-state index contributed by atoms with van der Waals surface area (Å²) in [5, 5.41) is 9.49. The van der Waals surface area contributed by atoms with Gasteiger partial charge in [-0.1, -0.05) is 54.1 Å². The summed E-state index contributed by atoms with van der Waals surface area (Å²) in [6, 6.07) is 18.9. The van der Waals surface area contributed by atoms with Crippen molar-refractivity contribution in [2.45, 2.75) is 30.2 Å². The highest BCUT2D eigenvalue weighted by Crippen LogP contribution is 2.36. The van der Waals surface area contributed by atoms with Crippen molar-refractivity contribution < 1.29 is 23.1 Å². The van der Waals surface area contributed by atoms with Crippen molar-refractivity contribution >= 4 is 27.6 Å². The number of fused-ring (bicyclic) bond motifs is 1. The molecule has 166 valence electrons. The maximum atomic E-state index is 13.1. The average Bonchev–Trinajstić information content (AvgIpc) is 2.78. The second-order valence-electron chi connectivity index (χ2n) is 7.58.